The second-order valence-corrected chi connectivity index (χ2v) is 6.81. The maximum atomic E-state index is 11.4. The van der Waals surface area contributed by atoms with Gasteiger partial charge in [-0.2, -0.15) is 5.10 Å². The minimum absolute atomic E-state index is 0.148. The summed E-state index contributed by atoms with van der Waals surface area (Å²) >= 11 is 5.75. The zero-order chi connectivity index (χ0) is 14.0. The van der Waals surface area contributed by atoms with Gasteiger partial charge in [-0.05, 0) is 18.2 Å². The van der Waals surface area contributed by atoms with Crippen molar-refractivity contribution in [2.45, 2.75) is 11.5 Å². The molecular weight excluding hydrogens is 311 g/mol. The largest absolute Gasteiger partial charge is 0.487 e. The maximum Gasteiger partial charge on any atom is 0.265 e. The van der Waals surface area contributed by atoms with E-state index in [4.69, 9.17) is 27.0 Å². The normalized spacial score (nSPS) is 11.5. The van der Waals surface area contributed by atoms with Crippen LogP contribution in [0.25, 0.3) is 0 Å². The van der Waals surface area contributed by atoms with Gasteiger partial charge in [0.2, 0.25) is 0 Å². The van der Waals surface area contributed by atoms with E-state index in [1.54, 1.807) is 24.1 Å². The van der Waals surface area contributed by atoms with E-state index < -0.39 is 9.05 Å². The van der Waals surface area contributed by atoms with Crippen LogP contribution in [0.2, 0.25) is 5.02 Å². The average Bonchev–Trinajstić information content (AvgIpc) is 2.72. The number of halogens is 2. The minimum Gasteiger partial charge on any atom is -0.487 e. The Morgan fingerprint density at radius 2 is 2.16 bits per heavy atom. The van der Waals surface area contributed by atoms with Gasteiger partial charge in [-0.1, -0.05) is 11.6 Å². The molecule has 0 unspecified atom stereocenters. The van der Waals surface area contributed by atoms with Crippen molar-refractivity contribution in [3.05, 3.63) is 41.2 Å². The molecule has 0 bridgehead atoms. The van der Waals surface area contributed by atoms with Crippen molar-refractivity contribution in [2.24, 2.45) is 7.05 Å². The quantitative estimate of drug-likeness (QED) is 0.812. The molecule has 2 aromatic rings. The molecule has 0 atom stereocenters. The topological polar surface area (TPSA) is 61.2 Å². The van der Waals surface area contributed by atoms with Gasteiger partial charge < -0.3 is 4.74 Å². The molecule has 0 amide bonds. The standard InChI is InChI=1S/C11H10Cl2N2O3S/c1-15-6-8(5-14-15)7-18-10-3-2-9(12)4-11(10)19(13,16)17/h2-6H,7H2,1H3. The van der Waals surface area contributed by atoms with Crippen LogP contribution in [0.5, 0.6) is 5.75 Å². The molecule has 8 heteroatoms. The molecule has 102 valence electrons. The number of hydrogen-bond acceptors (Lipinski definition) is 4. The number of aryl methyl sites for hydroxylation is 1. The number of aromatic nitrogens is 2. The third-order valence-corrected chi connectivity index (χ3v) is 3.90. The first-order valence-electron chi connectivity index (χ1n) is 5.21. The highest BCUT2D eigenvalue weighted by Gasteiger charge is 2.17. The highest BCUT2D eigenvalue weighted by Crippen LogP contribution is 2.30. The zero-order valence-corrected chi connectivity index (χ0v) is 12.2. The van der Waals surface area contributed by atoms with Crippen molar-refractivity contribution in [2.75, 3.05) is 0 Å². The summed E-state index contributed by atoms with van der Waals surface area (Å²) in [5.74, 6) is 0.156. The van der Waals surface area contributed by atoms with E-state index in [1.165, 1.54) is 18.2 Å². The van der Waals surface area contributed by atoms with Crippen molar-refractivity contribution in [1.82, 2.24) is 9.78 Å². The van der Waals surface area contributed by atoms with Gasteiger partial charge in [0.05, 0.1) is 6.20 Å². The van der Waals surface area contributed by atoms with Crippen molar-refractivity contribution in [1.29, 1.82) is 0 Å². The smallest absolute Gasteiger partial charge is 0.265 e. The van der Waals surface area contributed by atoms with E-state index in [1.807, 2.05) is 0 Å². The lowest BCUT2D eigenvalue weighted by atomic mass is 10.3. The highest BCUT2D eigenvalue weighted by atomic mass is 35.7. The van der Waals surface area contributed by atoms with Gasteiger partial charge in [0.15, 0.2) is 0 Å². The first-order valence-corrected chi connectivity index (χ1v) is 7.89. The zero-order valence-electron chi connectivity index (χ0n) is 9.88. The van der Waals surface area contributed by atoms with Crippen LogP contribution in [-0.4, -0.2) is 18.2 Å². The lowest BCUT2D eigenvalue weighted by molar-refractivity contribution is 0.298. The van der Waals surface area contributed by atoms with Crippen molar-refractivity contribution >= 4 is 31.3 Å². The predicted octanol–water partition coefficient (Wildman–Crippen LogP) is 2.58. The van der Waals surface area contributed by atoms with Gasteiger partial charge in [-0.3, -0.25) is 4.68 Å². The SMILES string of the molecule is Cn1cc(COc2ccc(Cl)cc2S(=O)(=O)Cl)cn1. The van der Waals surface area contributed by atoms with E-state index >= 15 is 0 Å². The summed E-state index contributed by atoms with van der Waals surface area (Å²) in [5, 5.41) is 4.26. The fourth-order valence-electron chi connectivity index (χ4n) is 1.50. The lowest BCUT2D eigenvalue weighted by Gasteiger charge is -2.08. The number of ether oxygens (including phenoxy) is 1. The Morgan fingerprint density at radius 3 is 2.74 bits per heavy atom. The molecule has 0 aliphatic heterocycles. The van der Waals surface area contributed by atoms with Crippen LogP contribution in [0.3, 0.4) is 0 Å². The van der Waals surface area contributed by atoms with Gasteiger partial charge in [-0.15, -0.1) is 0 Å². The molecule has 0 spiro atoms. The van der Waals surface area contributed by atoms with E-state index in [0.717, 1.165) is 5.56 Å². The molecule has 1 aromatic carbocycles. The molecule has 0 saturated carbocycles. The molecule has 0 aliphatic carbocycles. The molecular formula is C11H10Cl2N2O3S. The molecule has 1 heterocycles. The highest BCUT2D eigenvalue weighted by molar-refractivity contribution is 8.13. The van der Waals surface area contributed by atoms with Gasteiger partial charge in [0.25, 0.3) is 9.05 Å². The van der Waals surface area contributed by atoms with E-state index in [2.05, 4.69) is 5.10 Å². The monoisotopic (exact) mass is 320 g/mol. The maximum absolute atomic E-state index is 11.4. The molecule has 2 rings (SSSR count). The van der Waals surface area contributed by atoms with E-state index in [9.17, 15) is 8.42 Å². The molecule has 19 heavy (non-hydrogen) atoms. The number of benzene rings is 1. The summed E-state index contributed by atoms with van der Waals surface area (Å²) in [5.41, 5.74) is 0.815. The van der Waals surface area contributed by atoms with Crippen LogP contribution >= 0.6 is 22.3 Å². The number of rotatable bonds is 4. The van der Waals surface area contributed by atoms with Crippen LogP contribution < -0.4 is 4.74 Å². The Kier molecular flexibility index (Phi) is 4.03. The summed E-state index contributed by atoms with van der Waals surface area (Å²) in [6.07, 6.45) is 3.40. The second kappa shape index (κ2) is 5.40. The summed E-state index contributed by atoms with van der Waals surface area (Å²) in [6, 6.07) is 4.25. The van der Waals surface area contributed by atoms with Crippen LogP contribution in [0, 0.1) is 0 Å². The van der Waals surface area contributed by atoms with Gasteiger partial charge in [-0.25, -0.2) is 8.42 Å². The molecule has 0 N–H and O–H groups in total. The van der Waals surface area contributed by atoms with E-state index in [0.29, 0.717) is 0 Å². The van der Waals surface area contributed by atoms with Crippen LogP contribution in [0.1, 0.15) is 5.56 Å². The Morgan fingerprint density at radius 1 is 1.42 bits per heavy atom. The fourth-order valence-corrected chi connectivity index (χ4v) is 2.73. The first kappa shape index (κ1) is 14.2. The first-order chi connectivity index (χ1) is 8.86. The Balaban J connectivity index is 2.25. The molecule has 0 aliphatic rings. The third-order valence-electron chi connectivity index (χ3n) is 2.32. The van der Waals surface area contributed by atoms with Crippen molar-refractivity contribution < 1.29 is 13.2 Å². The van der Waals surface area contributed by atoms with Crippen LogP contribution in [0.4, 0.5) is 0 Å². The Bertz CT molecular complexity index is 698. The van der Waals surface area contributed by atoms with Crippen molar-refractivity contribution in [3.63, 3.8) is 0 Å². The Labute approximate surface area is 120 Å². The van der Waals surface area contributed by atoms with Crippen LogP contribution in [-0.2, 0) is 22.7 Å². The van der Waals surface area contributed by atoms with Gasteiger partial charge >= 0.3 is 0 Å². The number of hydrogen-bond donors (Lipinski definition) is 0. The average molecular weight is 321 g/mol. The summed E-state index contributed by atoms with van der Waals surface area (Å²) in [7, 11) is 3.20. The molecule has 0 radical (unpaired) electrons. The molecule has 1 aromatic heterocycles. The number of nitrogens with zero attached hydrogens (tertiary/aromatic N) is 2. The second-order valence-electron chi connectivity index (χ2n) is 3.84. The van der Waals surface area contributed by atoms with Crippen molar-refractivity contribution in [3.8, 4) is 5.75 Å². The van der Waals surface area contributed by atoms with Gasteiger partial charge in [0, 0.05) is 34.5 Å². The lowest BCUT2D eigenvalue weighted by Crippen LogP contribution is -2.00. The summed E-state index contributed by atoms with van der Waals surface area (Å²) in [4.78, 5) is -0.148. The van der Waals surface area contributed by atoms with Crippen LogP contribution in [0.15, 0.2) is 35.5 Å². The summed E-state index contributed by atoms with van der Waals surface area (Å²) < 4.78 is 29.9. The Hall–Kier alpha value is -1.24. The fraction of sp³-hybridized carbons (Fsp3) is 0.182. The summed E-state index contributed by atoms with van der Waals surface area (Å²) in [6.45, 7) is 0.189. The third kappa shape index (κ3) is 3.62. The minimum atomic E-state index is -3.91. The molecule has 0 saturated heterocycles. The van der Waals surface area contributed by atoms with E-state index in [-0.39, 0.29) is 22.3 Å². The van der Waals surface area contributed by atoms with Gasteiger partial charge in [0.1, 0.15) is 17.3 Å². The predicted molar refractivity (Wildman–Crippen MR) is 72.0 cm³/mol. The molecule has 5 nitrogen and oxygen atoms in total. The molecule has 0 fully saturated rings.